The number of carbonyl (C=O) groups is 1. The van der Waals surface area contributed by atoms with Gasteiger partial charge in [-0.1, -0.05) is 39.0 Å². The maximum Gasteiger partial charge on any atom is 0.229 e. The van der Waals surface area contributed by atoms with Crippen LogP contribution in [0.3, 0.4) is 0 Å². The van der Waals surface area contributed by atoms with Crippen molar-refractivity contribution in [3.05, 3.63) is 96.6 Å². The fourth-order valence-corrected chi connectivity index (χ4v) is 5.21. The number of hydrogen-bond acceptors (Lipinski definition) is 5. The Morgan fingerprint density at radius 3 is 2.42 bits per heavy atom. The topological polar surface area (TPSA) is 80.7 Å². The van der Waals surface area contributed by atoms with Gasteiger partial charge in [0.2, 0.25) is 5.91 Å². The standard InChI is InChI=1S/C31H33N5O3S/c1-31(2,3)29(37)33-21-16-15-20(19-26(21)39-5)36-28(27(34-30(36)40)22-11-8-9-17-32-22)24-13-10-18-35(24)23-12-6-7-14-25(23)38-4/h6-19,27-28H,1-5H3,(H,33,37)(H,34,40)/t27-,28-/m1/s1. The van der Waals surface area contributed by atoms with E-state index in [9.17, 15) is 4.79 Å². The van der Waals surface area contributed by atoms with E-state index in [0.717, 1.165) is 28.5 Å². The smallest absolute Gasteiger partial charge is 0.229 e. The molecule has 0 spiro atoms. The van der Waals surface area contributed by atoms with E-state index >= 15 is 0 Å². The molecule has 40 heavy (non-hydrogen) atoms. The van der Waals surface area contributed by atoms with Crippen LogP contribution in [0.4, 0.5) is 11.4 Å². The van der Waals surface area contributed by atoms with Crippen LogP contribution >= 0.6 is 12.2 Å². The van der Waals surface area contributed by atoms with Crippen LogP contribution in [0.1, 0.15) is 44.2 Å². The van der Waals surface area contributed by atoms with Crippen molar-refractivity contribution in [1.82, 2.24) is 14.9 Å². The van der Waals surface area contributed by atoms with Gasteiger partial charge in [0, 0.05) is 35.3 Å². The quantitative estimate of drug-likeness (QED) is 0.269. The highest BCUT2D eigenvalue weighted by Crippen LogP contribution is 2.44. The number of amides is 1. The Bertz CT molecular complexity index is 1530. The van der Waals surface area contributed by atoms with Crippen molar-refractivity contribution in [2.24, 2.45) is 5.41 Å². The summed E-state index contributed by atoms with van der Waals surface area (Å²) >= 11 is 5.93. The Morgan fingerprint density at radius 2 is 1.73 bits per heavy atom. The number of nitrogens with one attached hydrogen (secondary N) is 2. The number of nitrogens with zero attached hydrogens (tertiary/aromatic N) is 3. The molecule has 1 saturated heterocycles. The molecule has 206 valence electrons. The van der Waals surface area contributed by atoms with Gasteiger partial charge in [0.15, 0.2) is 5.11 Å². The van der Waals surface area contributed by atoms with Gasteiger partial charge in [0.05, 0.1) is 37.3 Å². The minimum atomic E-state index is -0.547. The fraction of sp³-hybridized carbons (Fsp3) is 0.258. The average molecular weight is 556 g/mol. The zero-order valence-electron chi connectivity index (χ0n) is 23.2. The van der Waals surface area contributed by atoms with Crippen LogP contribution in [0, 0.1) is 5.41 Å². The van der Waals surface area contributed by atoms with Crippen molar-refractivity contribution in [2.75, 3.05) is 24.4 Å². The number of pyridine rings is 1. The number of thiocarbonyl (C=S) groups is 1. The average Bonchev–Trinajstić information content (AvgIpc) is 3.57. The van der Waals surface area contributed by atoms with Crippen LogP contribution in [0.15, 0.2) is 85.2 Å². The summed E-state index contributed by atoms with van der Waals surface area (Å²) in [6.07, 6.45) is 3.81. The summed E-state index contributed by atoms with van der Waals surface area (Å²) in [5.41, 5.74) is 3.65. The van der Waals surface area contributed by atoms with E-state index in [4.69, 9.17) is 21.7 Å². The highest BCUT2D eigenvalue weighted by Gasteiger charge is 2.42. The Morgan fingerprint density at radius 1 is 0.975 bits per heavy atom. The molecule has 0 aliphatic carbocycles. The molecule has 1 amide bonds. The summed E-state index contributed by atoms with van der Waals surface area (Å²) in [6, 6.07) is 23.1. The maximum atomic E-state index is 12.7. The minimum Gasteiger partial charge on any atom is -0.495 e. The van der Waals surface area contributed by atoms with Crippen molar-refractivity contribution in [3.8, 4) is 17.2 Å². The first kappa shape index (κ1) is 27.2. The van der Waals surface area contributed by atoms with Crippen molar-refractivity contribution < 1.29 is 14.3 Å². The van der Waals surface area contributed by atoms with Gasteiger partial charge in [-0.15, -0.1) is 0 Å². The summed E-state index contributed by atoms with van der Waals surface area (Å²) in [4.78, 5) is 19.4. The number of aromatic nitrogens is 2. The zero-order valence-corrected chi connectivity index (χ0v) is 24.0. The van der Waals surface area contributed by atoms with E-state index in [1.165, 1.54) is 0 Å². The van der Waals surface area contributed by atoms with Crippen molar-refractivity contribution in [1.29, 1.82) is 0 Å². The molecule has 2 aromatic carbocycles. The predicted molar refractivity (Wildman–Crippen MR) is 161 cm³/mol. The molecule has 8 nitrogen and oxygen atoms in total. The zero-order chi connectivity index (χ0) is 28.4. The van der Waals surface area contributed by atoms with Crippen LogP contribution in [0.5, 0.6) is 11.5 Å². The number of carbonyl (C=O) groups excluding carboxylic acids is 1. The van der Waals surface area contributed by atoms with Crippen molar-refractivity contribution in [3.63, 3.8) is 0 Å². The van der Waals surface area contributed by atoms with Gasteiger partial charge in [-0.3, -0.25) is 9.78 Å². The second kappa shape index (κ2) is 11.0. The van der Waals surface area contributed by atoms with Crippen molar-refractivity contribution >= 4 is 34.6 Å². The molecular formula is C31H33N5O3S. The van der Waals surface area contributed by atoms with E-state index in [1.807, 2.05) is 93.7 Å². The molecule has 3 heterocycles. The molecule has 0 saturated carbocycles. The van der Waals surface area contributed by atoms with Crippen LogP contribution in [-0.2, 0) is 4.79 Å². The van der Waals surface area contributed by atoms with E-state index in [2.05, 4.69) is 31.2 Å². The van der Waals surface area contributed by atoms with Gasteiger partial charge in [-0.2, -0.15) is 0 Å². The lowest BCUT2D eigenvalue weighted by molar-refractivity contribution is -0.123. The van der Waals surface area contributed by atoms with Gasteiger partial charge in [-0.25, -0.2) is 0 Å². The number of benzene rings is 2. The third-order valence-electron chi connectivity index (χ3n) is 6.92. The highest BCUT2D eigenvalue weighted by atomic mass is 32.1. The van der Waals surface area contributed by atoms with Gasteiger partial charge in [-0.05, 0) is 60.7 Å². The minimum absolute atomic E-state index is 0.0976. The number of hydrogen-bond donors (Lipinski definition) is 2. The predicted octanol–water partition coefficient (Wildman–Crippen LogP) is 6.05. The molecule has 5 rings (SSSR count). The van der Waals surface area contributed by atoms with Gasteiger partial charge in [0.25, 0.3) is 0 Å². The second-order valence-corrected chi connectivity index (χ2v) is 10.9. The fourth-order valence-electron chi connectivity index (χ4n) is 4.86. The summed E-state index contributed by atoms with van der Waals surface area (Å²) < 4.78 is 13.5. The molecule has 1 aliphatic rings. The van der Waals surface area contributed by atoms with Crippen LogP contribution in [0.25, 0.3) is 5.69 Å². The SMILES string of the molecule is COc1cc(N2C(=S)N[C@H](c3ccccn3)[C@H]2c2cccn2-c2ccccc2OC)ccc1NC(=O)C(C)(C)C. The Labute approximate surface area is 239 Å². The summed E-state index contributed by atoms with van der Waals surface area (Å²) in [7, 11) is 3.26. The summed E-state index contributed by atoms with van der Waals surface area (Å²) in [6.45, 7) is 5.62. The van der Waals surface area contributed by atoms with Gasteiger partial charge >= 0.3 is 0 Å². The molecule has 4 aromatic rings. The first-order valence-electron chi connectivity index (χ1n) is 13.0. The highest BCUT2D eigenvalue weighted by molar-refractivity contribution is 7.80. The number of anilines is 2. The Kier molecular flexibility index (Phi) is 7.49. The van der Waals surface area contributed by atoms with Gasteiger partial charge in [0.1, 0.15) is 17.5 Å². The third-order valence-corrected chi connectivity index (χ3v) is 7.23. The van der Waals surface area contributed by atoms with E-state index in [0.29, 0.717) is 16.5 Å². The molecule has 0 unspecified atom stereocenters. The Hall–Kier alpha value is -4.37. The van der Waals surface area contributed by atoms with Gasteiger partial charge < -0.3 is 29.6 Å². The summed E-state index contributed by atoms with van der Waals surface area (Å²) in [5.74, 6) is 1.20. The lowest BCUT2D eigenvalue weighted by atomic mass is 9.95. The first-order chi connectivity index (χ1) is 19.2. The molecule has 2 aromatic heterocycles. The number of rotatable bonds is 7. The Balaban J connectivity index is 1.62. The van der Waals surface area contributed by atoms with Crippen LogP contribution < -0.4 is 25.0 Å². The molecular weight excluding hydrogens is 522 g/mol. The molecule has 2 atom stereocenters. The largest absolute Gasteiger partial charge is 0.495 e. The number of methoxy groups -OCH3 is 2. The molecule has 2 N–H and O–H groups in total. The first-order valence-corrected chi connectivity index (χ1v) is 13.4. The van der Waals surface area contributed by atoms with E-state index in [1.54, 1.807) is 20.4 Å². The van der Waals surface area contributed by atoms with Crippen LogP contribution in [0.2, 0.25) is 0 Å². The maximum absolute atomic E-state index is 12.7. The summed E-state index contributed by atoms with van der Waals surface area (Å²) in [5, 5.41) is 7.05. The monoisotopic (exact) mass is 555 g/mol. The van der Waals surface area contributed by atoms with Crippen LogP contribution in [-0.4, -0.2) is 34.8 Å². The van der Waals surface area contributed by atoms with E-state index < -0.39 is 5.41 Å². The molecule has 0 radical (unpaired) electrons. The number of para-hydroxylation sites is 2. The lowest BCUT2D eigenvalue weighted by Crippen LogP contribution is -2.30. The van der Waals surface area contributed by atoms with E-state index in [-0.39, 0.29) is 18.0 Å². The number of ether oxygens (including phenoxy) is 2. The normalized spacial score (nSPS) is 16.9. The molecule has 0 bridgehead atoms. The van der Waals surface area contributed by atoms with Crippen molar-refractivity contribution in [2.45, 2.75) is 32.9 Å². The molecule has 9 heteroatoms. The molecule has 1 aliphatic heterocycles. The molecule has 1 fully saturated rings. The lowest BCUT2D eigenvalue weighted by Gasteiger charge is -2.30. The second-order valence-electron chi connectivity index (χ2n) is 10.6. The third kappa shape index (κ3) is 5.12.